The summed E-state index contributed by atoms with van der Waals surface area (Å²) >= 11 is 0. The van der Waals surface area contributed by atoms with Gasteiger partial charge in [0, 0.05) is 18.3 Å². The molecule has 2 atom stereocenters. The zero-order valence-electron chi connectivity index (χ0n) is 18.3. The van der Waals surface area contributed by atoms with Crippen LogP contribution in [0.4, 0.5) is 0 Å². The van der Waals surface area contributed by atoms with Crippen LogP contribution in [0.25, 0.3) is 0 Å². The largest absolute Gasteiger partial charge is 0.475 e. The van der Waals surface area contributed by atoms with Gasteiger partial charge in [0.15, 0.2) is 0 Å². The van der Waals surface area contributed by atoms with E-state index in [9.17, 15) is 9.59 Å². The van der Waals surface area contributed by atoms with Crippen LogP contribution in [0.3, 0.4) is 0 Å². The first-order valence-corrected chi connectivity index (χ1v) is 10.8. The number of carbonyl (C=O) groups is 2. The van der Waals surface area contributed by atoms with E-state index in [2.05, 4.69) is 17.5 Å². The molecule has 0 spiro atoms. The number of hydrogen-bond donors (Lipinski definition) is 1. The highest BCUT2D eigenvalue weighted by Crippen LogP contribution is 2.20. The van der Waals surface area contributed by atoms with E-state index < -0.39 is 0 Å². The van der Waals surface area contributed by atoms with Crippen molar-refractivity contribution in [3.8, 4) is 0 Å². The number of aliphatic imine (C=N–C) groups is 1. The zero-order valence-corrected chi connectivity index (χ0v) is 18.3. The number of allylic oxidation sites excluding steroid dienone is 3. The number of hydrogen-bond acceptors (Lipinski definition) is 5. The van der Waals surface area contributed by atoms with Crippen molar-refractivity contribution in [1.29, 1.82) is 0 Å². The topological polar surface area (TPSA) is 81.9 Å². The minimum Gasteiger partial charge on any atom is -0.475 e. The predicted molar refractivity (Wildman–Crippen MR) is 122 cm³/mol. The molecule has 1 aromatic carbocycles. The summed E-state index contributed by atoms with van der Waals surface area (Å²) in [6, 6.07) is 10.4. The molecule has 0 saturated carbocycles. The Morgan fingerprint density at radius 1 is 1.28 bits per heavy atom. The first-order chi connectivity index (χ1) is 15.5. The van der Waals surface area contributed by atoms with E-state index in [1.165, 1.54) is 7.11 Å². The van der Waals surface area contributed by atoms with Gasteiger partial charge >= 0.3 is 5.97 Å². The molecule has 0 fully saturated rings. The highest BCUT2D eigenvalue weighted by molar-refractivity contribution is 5.95. The molecule has 4 rings (SSSR count). The Kier molecular flexibility index (Phi) is 6.54. The average Bonchev–Trinajstić information content (AvgIpc) is 3.49. The molecule has 7 nitrogen and oxygen atoms in total. The summed E-state index contributed by atoms with van der Waals surface area (Å²) in [6.45, 7) is 3.00. The summed E-state index contributed by atoms with van der Waals surface area (Å²) in [6.07, 6.45) is 10.1. The van der Waals surface area contributed by atoms with Gasteiger partial charge in [-0.3, -0.25) is 4.79 Å². The number of nitrogens with one attached hydrogen (secondary N) is 1. The SMILES string of the molecule is COC(=O)c1ccc([C@H](C)NC(=O)c2cccn2CC2COC(C3=CC=CCC3)=N2)cc1. The molecule has 1 aliphatic heterocycles. The summed E-state index contributed by atoms with van der Waals surface area (Å²) < 4.78 is 12.5. The summed E-state index contributed by atoms with van der Waals surface area (Å²) in [5, 5.41) is 3.03. The highest BCUT2D eigenvalue weighted by atomic mass is 16.5. The second-order valence-corrected chi connectivity index (χ2v) is 7.91. The Hall–Kier alpha value is -3.61. The van der Waals surface area contributed by atoms with Gasteiger partial charge in [-0.05, 0) is 49.6 Å². The van der Waals surface area contributed by atoms with Crippen molar-refractivity contribution in [2.24, 2.45) is 4.99 Å². The minimum absolute atomic E-state index is 0.0287. The van der Waals surface area contributed by atoms with Crippen LogP contribution in [0.5, 0.6) is 0 Å². The normalized spacial score (nSPS) is 18.4. The van der Waals surface area contributed by atoms with E-state index in [0.29, 0.717) is 24.4 Å². The van der Waals surface area contributed by atoms with Crippen molar-refractivity contribution in [2.45, 2.75) is 38.4 Å². The number of benzene rings is 1. The Morgan fingerprint density at radius 2 is 2.09 bits per heavy atom. The second kappa shape index (κ2) is 9.68. The fourth-order valence-electron chi connectivity index (χ4n) is 3.85. The van der Waals surface area contributed by atoms with Gasteiger partial charge in [0.1, 0.15) is 18.3 Å². The number of esters is 1. The molecule has 1 amide bonds. The van der Waals surface area contributed by atoms with Gasteiger partial charge < -0.3 is 19.4 Å². The van der Waals surface area contributed by atoms with Gasteiger partial charge in [0.2, 0.25) is 5.90 Å². The number of amides is 1. The molecule has 166 valence electrons. The van der Waals surface area contributed by atoms with Gasteiger partial charge in [-0.1, -0.05) is 30.4 Å². The van der Waals surface area contributed by atoms with Gasteiger partial charge in [-0.2, -0.15) is 0 Å². The van der Waals surface area contributed by atoms with E-state index in [1.54, 1.807) is 18.2 Å². The van der Waals surface area contributed by atoms with Crippen LogP contribution >= 0.6 is 0 Å². The van der Waals surface area contributed by atoms with Crippen molar-refractivity contribution >= 4 is 17.8 Å². The molecular weight excluding hydrogens is 406 g/mol. The third kappa shape index (κ3) is 4.82. The van der Waals surface area contributed by atoms with Gasteiger partial charge in [0.05, 0.1) is 18.7 Å². The van der Waals surface area contributed by atoms with Gasteiger partial charge in [0.25, 0.3) is 5.91 Å². The van der Waals surface area contributed by atoms with Crippen molar-refractivity contribution in [1.82, 2.24) is 9.88 Å². The Morgan fingerprint density at radius 3 is 2.81 bits per heavy atom. The quantitative estimate of drug-likeness (QED) is 0.673. The Bertz CT molecular complexity index is 1080. The first-order valence-electron chi connectivity index (χ1n) is 10.8. The van der Waals surface area contributed by atoms with E-state index >= 15 is 0 Å². The molecule has 7 heteroatoms. The monoisotopic (exact) mass is 433 g/mol. The molecule has 2 aromatic rings. The third-order valence-corrected chi connectivity index (χ3v) is 5.65. The fourth-order valence-corrected chi connectivity index (χ4v) is 3.85. The molecule has 32 heavy (non-hydrogen) atoms. The lowest BCUT2D eigenvalue weighted by molar-refractivity contribution is 0.0600. The smallest absolute Gasteiger partial charge is 0.337 e. The lowest BCUT2D eigenvalue weighted by Crippen LogP contribution is -2.29. The summed E-state index contributed by atoms with van der Waals surface area (Å²) in [7, 11) is 1.35. The van der Waals surface area contributed by atoms with Crippen LogP contribution in [0.1, 0.15) is 52.2 Å². The molecule has 1 aliphatic carbocycles. The Labute approximate surface area is 187 Å². The number of methoxy groups -OCH3 is 1. The number of rotatable bonds is 7. The molecule has 0 bridgehead atoms. The second-order valence-electron chi connectivity index (χ2n) is 7.91. The van der Waals surface area contributed by atoms with E-state index in [-0.39, 0.29) is 24.0 Å². The summed E-state index contributed by atoms with van der Waals surface area (Å²) in [5.41, 5.74) is 3.08. The van der Waals surface area contributed by atoms with E-state index in [1.807, 2.05) is 42.0 Å². The predicted octanol–water partition coefficient (Wildman–Crippen LogP) is 3.84. The van der Waals surface area contributed by atoms with Crippen molar-refractivity contribution in [3.05, 3.63) is 83.2 Å². The molecule has 1 N–H and O–H groups in total. The van der Waals surface area contributed by atoms with Crippen molar-refractivity contribution in [3.63, 3.8) is 0 Å². The highest BCUT2D eigenvalue weighted by Gasteiger charge is 2.24. The number of nitrogens with zero attached hydrogens (tertiary/aromatic N) is 2. The molecular formula is C25H27N3O4. The molecule has 1 aromatic heterocycles. The first kappa shape index (κ1) is 21.6. The Balaban J connectivity index is 1.39. The van der Waals surface area contributed by atoms with Crippen LogP contribution in [0.15, 0.2) is 71.4 Å². The van der Waals surface area contributed by atoms with E-state index in [4.69, 9.17) is 14.5 Å². The van der Waals surface area contributed by atoms with Crippen molar-refractivity contribution < 1.29 is 19.1 Å². The molecule has 2 aliphatic rings. The van der Waals surface area contributed by atoms with Gasteiger partial charge in [-0.15, -0.1) is 0 Å². The fraction of sp³-hybridized carbons (Fsp3) is 0.320. The van der Waals surface area contributed by atoms with Crippen LogP contribution in [-0.4, -0.2) is 42.1 Å². The van der Waals surface area contributed by atoms with E-state index in [0.717, 1.165) is 29.9 Å². The molecule has 1 unspecified atom stereocenters. The van der Waals surface area contributed by atoms with Crippen LogP contribution < -0.4 is 5.32 Å². The maximum atomic E-state index is 12.9. The standard InChI is InChI=1S/C25H27N3O4/c1-17(18-10-12-20(13-11-18)25(30)31-2)26-23(29)22-9-6-14-28(22)15-21-16-32-24(27-21)19-7-4-3-5-8-19/h3-4,6-7,9-14,17,21H,5,8,15-16H2,1-2H3,(H,26,29)/t17-,21?/m0/s1. The molecule has 0 radical (unpaired) electrons. The molecule has 0 saturated heterocycles. The molecule has 2 heterocycles. The summed E-state index contributed by atoms with van der Waals surface area (Å²) in [4.78, 5) is 29.3. The third-order valence-electron chi connectivity index (χ3n) is 5.65. The maximum Gasteiger partial charge on any atom is 0.337 e. The maximum absolute atomic E-state index is 12.9. The van der Waals surface area contributed by atoms with Gasteiger partial charge in [-0.25, -0.2) is 9.79 Å². The number of aromatic nitrogens is 1. The lowest BCUT2D eigenvalue weighted by atomic mass is 10.1. The minimum atomic E-state index is -0.385. The average molecular weight is 434 g/mol. The zero-order chi connectivity index (χ0) is 22.5. The lowest BCUT2D eigenvalue weighted by Gasteiger charge is -2.16. The number of carbonyl (C=O) groups excluding carboxylic acids is 2. The van der Waals surface area contributed by atoms with Crippen molar-refractivity contribution in [2.75, 3.05) is 13.7 Å². The van der Waals surface area contributed by atoms with Crippen LogP contribution in [-0.2, 0) is 16.0 Å². The van der Waals surface area contributed by atoms with Crippen LogP contribution in [0, 0.1) is 0 Å². The van der Waals surface area contributed by atoms with Crippen LogP contribution in [0.2, 0.25) is 0 Å². The summed E-state index contributed by atoms with van der Waals surface area (Å²) in [5.74, 6) is 0.174. The number of ether oxygens (including phenoxy) is 2.